The number of nitrogens with zero attached hydrogens (tertiary/aromatic N) is 2. The van der Waals surface area contributed by atoms with Crippen LogP contribution in [-0.4, -0.2) is 29.6 Å². The van der Waals surface area contributed by atoms with E-state index in [0.717, 1.165) is 30.4 Å². The van der Waals surface area contributed by atoms with E-state index in [9.17, 15) is 5.11 Å². The topological polar surface area (TPSA) is 45.0 Å². The predicted octanol–water partition coefficient (Wildman–Crippen LogP) is 4.88. The van der Waals surface area contributed by atoms with Crippen molar-refractivity contribution >= 4 is 12.4 Å². The van der Waals surface area contributed by atoms with Crippen LogP contribution in [0.3, 0.4) is 0 Å². The van der Waals surface area contributed by atoms with Gasteiger partial charge in [0.15, 0.2) is 0 Å². The van der Waals surface area contributed by atoms with Gasteiger partial charge in [-0.15, -0.1) is 0 Å². The van der Waals surface area contributed by atoms with Crippen LogP contribution >= 0.6 is 0 Å². The average Bonchev–Trinajstić information content (AvgIpc) is 2.62. The van der Waals surface area contributed by atoms with Crippen molar-refractivity contribution in [3.8, 4) is 5.75 Å². The summed E-state index contributed by atoms with van der Waals surface area (Å²) in [5, 5.41) is 9.87. The smallest absolute Gasteiger partial charge is 0.124 e. The van der Waals surface area contributed by atoms with Crippen LogP contribution in [-0.2, 0) is 0 Å². The number of hydrogen-bond donors (Lipinski definition) is 1. The van der Waals surface area contributed by atoms with E-state index in [1.54, 1.807) is 12.3 Å². The van der Waals surface area contributed by atoms with Crippen LogP contribution < -0.4 is 0 Å². The van der Waals surface area contributed by atoms with E-state index in [-0.39, 0.29) is 17.8 Å². The minimum absolute atomic E-state index is 0.115. The number of para-hydroxylation sites is 1. The van der Waals surface area contributed by atoms with Crippen LogP contribution in [0.4, 0.5) is 0 Å². The molecule has 0 bridgehead atoms. The summed E-state index contributed by atoms with van der Waals surface area (Å²) in [6.45, 7) is 4.30. The van der Waals surface area contributed by atoms with Gasteiger partial charge < -0.3 is 5.11 Å². The lowest BCUT2D eigenvalue weighted by molar-refractivity contribution is 0.473. The summed E-state index contributed by atoms with van der Waals surface area (Å²) >= 11 is 0. The predicted molar refractivity (Wildman–Crippen MR) is 103 cm³/mol. The number of benzene rings is 2. The molecule has 2 atom stereocenters. The second kappa shape index (κ2) is 9.66. The number of phenols is 1. The van der Waals surface area contributed by atoms with E-state index in [1.165, 1.54) is 0 Å². The highest BCUT2D eigenvalue weighted by molar-refractivity contribution is 5.83. The summed E-state index contributed by atoms with van der Waals surface area (Å²) in [5.74, 6) is 0.260. The molecule has 2 aromatic rings. The van der Waals surface area contributed by atoms with Crippen LogP contribution in [0, 0.1) is 0 Å². The monoisotopic (exact) mass is 322 g/mol. The van der Waals surface area contributed by atoms with Crippen LogP contribution in [0.1, 0.15) is 44.2 Å². The first-order chi connectivity index (χ1) is 11.7. The highest BCUT2D eigenvalue weighted by Crippen LogP contribution is 2.17. The van der Waals surface area contributed by atoms with E-state index >= 15 is 0 Å². The molecular weight excluding hydrogens is 296 g/mol. The molecule has 0 aliphatic carbocycles. The van der Waals surface area contributed by atoms with Gasteiger partial charge >= 0.3 is 0 Å². The van der Waals surface area contributed by atoms with Gasteiger partial charge in [-0.3, -0.25) is 9.98 Å². The van der Waals surface area contributed by atoms with Crippen molar-refractivity contribution in [3.63, 3.8) is 0 Å². The Hall–Kier alpha value is -2.42. The molecule has 0 amide bonds. The Morgan fingerprint density at radius 2 is 1.54 bits per heavy atom. The van der Waals surface area contributed by atoms with Crippen LogP contribution in [0.15, 0.2) is 64.6 Å². The van der Waals surface area contributed by atoms with Crippen molar-refractivity contribution in [1.29, 1.82) is 0 Å². The summed E-state index contributed by atoms with van der Waals surface area (Å²) in [6, 6.07) is 17.7. The summed E-state index contributed by atoms with van der Waals surface area (Å²) in [7, 11) is 0. The lowest BCUT2D eigenvalue weighted by Gasteiger charge is -2.19. The van der Waals surface area contributed by atoms with Crippen molar-refractivity contribution < 1.29 is 5.11 Å². The molecule has 0 aliphatic heterocycles. The third-order valence-corrected chi connectivity index (χ3v) is 4.00. The van der Waals surface area contributed by atoms with Gasteiger partial charge in [-0.25, -0.2) is 0 Å². The van der Waals surface area contributed by atoms with Gasteiger partial charge in [0.25, 0.3) is 0 Å². The fourth-order valence-corrected chi connectivity index (χ4v) is 2.63. The zero-order valence-electron chi connectivity index (χ0n) is 14.5. The summed E-state index contributed by atoms with van der Waals surface area (Å²) in [5.41, 5.74) is 1.86. The Labute approximate surface area is 144 Å². The minimum atomic E-state index is 0.115. The van der Waals surface area contributed by atoms with Crippen molar-refractivity contribution in [2.75, 3.05) is 0 Å². The van der Waals surface area contributed by atoms with Gasteiger partial charge in [0.05, 0.1) is 12.1 Å². The van der Waals surface area contributed by atoms with Gasteiger partial charge in [0.2, 0.25) is 0 Å². The molecule has 2 rings (SSSR count). The van der Waals surface area contributed by atoms with E-state index < -0.39 is 0 Å². The fraction of sp³-hybridized carbons (Fsp3) is 0.333. The van der Waals surface area contributed by atoms with Crippen molar-refractivity contribution in [3.05, 3.63) is 65.7 Å². The van der Waals surface area contributed by atoms with Gasteiger partial charge in [0.1, 0.15) is 5.75 Å². The fourth-order valence-electron chi connectivity index (χ4n) is 2.63. The molecule has 126 valence electrons. The molecule has 0 spiro atoms. The van der Waals surface area contributed by atoms with Gasteiger partial charge in [-0.2, -0.15) is 0 Å². The SMILES string of the molecule is CCCC(N=Cc1ccccc1)[C@@H](CC)N=Cc1ccccc1O. The highest BCUT2D eigenvalue weighted by Gasteiger charge is 2.16. The molecule has 2 aromatic carbocycles. The van der Waals surface area contributed by atoms with Crippen LogP contribution in [0.5, 0.6) is 5.75 Å². The molecule has 1 unspecified atom stereocenters. The average molecular weight is 322 g/mol. The number of aliphatic imine (C=N–C) groups is 2. The molecule has 0 heterocycles. The molecule has 0 fully saturated rings. The van der Waals surface area contributed by atoms with Gasteiger partial charge in [-0.05, 0) is 30.5 Å². The normalized spacial score (nSPS) is 14.2. The third-order valence-electron chi connectivity index (χ3n) is 4.00. The lowest BCUT2D eigenvalue weighted by Crippen LogP contribution is -2.22. The Bertz CT molecular complexity index is 665. The second-order valence-electron chi connectivity index (χ2n) is 5.86. The minimum Gasteiger partial charge on any atom is -0.507 e. The maximum absolute atomic E-state index is 9.87. The molecule has 0 radical (unpaired) electrons. The molecule has 24 heavy (non-hydrogen) atoms. The maximum atomic E-state index is 9.87. The number of rotatable bonds is 8. The Balaban J connectivity index is 2.14. The molecule has 3 heteroatoms. The first-order valence-electron chi connectivity index (χ1n) is 8.64. The van der Waals surface area contributed by atoms with Gasteiger partial charge in [0, 0.05) is 18.0 Å². The summed E-state index contributed by atoms with van der Waals surface area (Å²) < 4.78 is 0. The molecule has 0 aliphatic rings. The Morgan fingerprint density at radius 1 is 0.875 bits per heavy atom. The summed E-state index contributed by atoms with van der Waals surface area (Å²) in [6.07, 6.45) is 6.70. The molecular formula is C21H26N2O. The maximum Gasteiger partial charge on any atom is 0.124 e. The standard InChI is InChI=1S/C21H26N2O/c1-3-10-20(22-15-17-11-6-5-7-12-17)19(4-2)23-16-18-13-8-9-14-21(18)24/h5-9,11-16,19-20,24H,3-4,10H2,1-2H3/t19-,20?/m1/s1. The van der Waals surface area contributed by atoms with E-state index in [0.29, 0.717) is 0 Å². The molecule has 1 N–H and O–H groups in total. The third kappa shape index (κ3) is 5.34. The zero-order chi connectivity index (χ0) is 17.2. The van der Waals surface area contributed by atoms with Crippen molar-refractivity contribution in [1.82, 2.24) is 0 Å². The number of aromatic hydroxyl groups is 1. The molecule has 0 saturated carbocycles. The first-order valence-corrected chi connectivity index (χ1v) is 8.64. The van der Waals surface area contributed by atoms with E-state index in [2.05, 4.69) is 26.0 Å². The van der Waals surface area contributed by atoms with E-state index in [1.807, 2.05) is 42.6 Å². The molecule has 0 saturated heterocycles. The second-order valence-corrected chi connectivity index (χ2v) is 5.86. The van der Waals surface area contributed by atoms with Crippen molar-refractivity contribution in [2.45, 2.75) is 45.2 Å². The molecule has 3 nitrogen and oxygen atoms in total. The van der Waals surface area contributed by atoms with Crippen LogP contribution in [0.2, 0.25) is 0 Å². The quantitative estimate of drug-likeness (QED) is 0.692. The summed E-state index contributed by atoms with van der Waals surface area (Å²) in [4.78, 5) is 9.49. The molecule has 0 aromatic heterocycles. The van der Waals surface area contributed by atoms with Gasteiger partial charge in [-0.1, -0.05) is 62.7 Å². The Kier molecular flexibility index (Phi) is 7.21. The highest BCUT2D eigenvalue weighted by atomic mass is 16.3. The van der Waals surface area contributed by atoms with Crippen LogP contribution in [0.25, 0.3) is 0 Å². The largest absolute Gasteiger partial charge is 0.507 e. The number of hydrogen-bond acceptors (Lipinski definition) is 3. The van der Waals surface area contributed by atoms with E-state index in [4.69, 9.17) is 9.98 Å². The number of phenolic OH excluding ortho intramolecular Hbond substituents is 1. The van der Waals surface area contributed by atoms with Crippen molar-refractivity contribution in [2.24, 2.45) is 9.98 Å². The Morgan fingerprint density at radius 3 is 2.21 bits per heavy atom. The zero-order valence-corrected chi connectivity index (χ0v) is 14.5. The first kappa shape index (κ1) is 17.9. The lowest BCUT2D eigenvalue weighted by atomic mass is 10.0.